The van der Waals surface area contributed by atoms with Crippen LogP contribution < -0.4 is 15.8 Å². The van der Waals surface area contributed by atoms with Crippen molar-refractivity contribution in [2.75, 3.05) is 12.4 Å². The Morgan fingerprint density at radius 3 is 2.65 bits per heavy atom. The van der Waals surface area contributed by atoms with Gasteiger partial charge in [0.1, 0.15) is 11.4 Å². The summed E-state index contributed by atoms with van der Waals surface area (Å²) in [7, 11) is 3.19. The molecule has 7 nitrogen and oxygen atoms in total. The van der Waals surface area contributed by atoms with Gasteiger partial charge in [-0.3, -0.25) is 14.3 Å². The van der Waals surface area contributed by atoms with Crippen LogP contribution in [0.25, 0.3) is 0 Å². The average Bonchev–Trinajstić information content (AvgIpc) is 2.87. The van der Waals surface area contributed by atoms with E-state index in [2.05, 4.69) is 10.4 Å². The SMILES string of the molecule is COc1ccc(C(C)C(=O)Nc2cnn(C)c2C(N)=O)c(C)c1. The van der Waals surface area contributed by atoms with Crippen molar-refractivity contribution in [2.45, 2.75) is 19.8 Å². The van der Waals surface area contributed by atoms with Crippen LogP contribution in [0.5, 0.6) is 5.75 Å². The normalized spacial score (nSPS) is 11.8. The maximum Gasteiger partial charge on any atom is 0.269 e. The zero-order valence-electron chi connectivity index (χ0n) is 13.6. The summed E-state index contributed by atoms with van der Waals surface area (Å²) in [4.78, 5) is 23.9. The fourth-order valence-corrected chi connectivity index (χ4v) is 2.46. The molecule has 0 radical (unpaired) electrons. The third kappa shape index (κ3) is 3.33. The summed E-state index contributed by atoms with van der Waals surface area (Å²) in [6, 6.07) is 5.54. The van der Waals surface area contributed by atoms with Gasteiger partial charge in [0.2, 0.25) is 5.91 Å². The molecule has 0 aliphatic rings. The van der Waals surface area contributed by atoms with Crippen LogP contribution in [0.3, 0.4) is 0 Å². The van der Waals surface area contributed by atoms with Crippen LogP contribution in [0.1, 0.15) is 34.5 Å². The lowest BCUT2D eigenvalue weighted by molar-refractivity contribution is -0.117. The largest absolute Gasteiger partial charge is 0.497 e. The van der Waals surface area contributed by atoms with E-state index in [4.69, 9.17) is 10.5 Å². The predicted octanol–water partition coefficient (Wildman–Crippen LogP) is 1.58. The number of amides is 2. The molecule has 0 saturated heterocycles. The standard InChI is InChI=1S/C16H20N4O3/c1-9-7-11(23-4)5-6-12(9)10(2)16(22)19-13-8-18-20(3)14(13)15(17)21/h5-8,10H,1-4H3,(H2,17,21)(H,19,22). The number of aromatic nitrogens is 2. The van der Waals surface area contributed by atoms with Crippen molar-refractivity contribution in [3.05, 3.63) is 41.2 Å². The molecule has 1 unspecified atom stereocenters. The summed E-state index contributed by atoms with van der Waals surface area (Å²) < 4.78 is 6.50. The van der Waals surface area contributed by atoms with E-state index in [0.717, 1.165) is 16.9 Å². The Balaban J connectivity index is 2.23. The number of rotatable bonds is 5. The number of nitrogens with zero attached hydrogens (tertiary/aromatic N) is 2. The number of ether oxygens (including phenoxy) is 1. The highest BCUT2D eigenvalue weighted by molar-refractivity contribution is 6.03. The number of carbonyl (C=O) groups excluding carboxylic acids is 2. The van der Waals surface area contributed by atoms with Crippen LogP contribution >= 0.6 is 0 Å². The minimum Gasteiger partial charge on any atom is -0.497 e. The van der Waals surface area contributed by atoms with Gasteiger partial charge in [0.15, 0.2) is 0 Å². The van der Waals surface area contributed by atoms with Crippen molar-refractivity contribution in [1.29, 1.82) is 0 Å². The maximum absolute atomic E-state index is 12.5. The van der Waals surface area contributed by atoms with E-state index in [9.17, 15) is 9.59 Å². The molecule has 7 heteroatoms. The lowest BCUT2D eigenvalue weighted by Gasteiger charge is -2.15. The smallest absolute Gasteiger partial charge is 0.269 e. The van der Waals surface area contributed by atoms with Gasteiger partial charge in [0, 0.05) is 7.05 Å². The van der Waals surface area contributed by atoms with Crippen LogP contribution in [0.2, 0.25) is 0 Å². The lowest BCUT2D eigenvalue weighted by atomic mass is 9.95. The fourth-order valence-electron chi connectivity index (χ4n) is 2.46. The first-order valence-corrected chi connectivity index (χ1v) is 7.12. The summed E-state index contributed by atoms with van der Waals surface area (Å²) in [5.74, 6) is -0.550. The van der Waals surface area contributed by atoms with Gasteiger partial charge in [0.25, 0.3) is 5.91 Å². The highest BCUT2D eigenvalue weighted by atomic mass is 16.5. The maximum atomic E-state index is 12.5. The Morgan fingerprint density at radius 1 is 1.39 bits per heavy atom. The van der Waals surface area contributed by atoms with E-state index in [1.807, 2.05) is 25.1 Å². The number of benzene rings is 1. The van der Waals surface area contributed by atoms with E-state index < -0.39 is 11.8 Å². The molecule has 0 aliphatic carbocycles. The molecule has 1 heterocycles. The fraction of sp³-hybridized carbons (Fsp3) is 0.312. The van der Waals surface area contributed by atoms with Gasteiger partial charge in [-0.2, -0.15) is 5.10 Å². The van der Waals surface area contributed by atoms with Crippen molar-refractivity contribution < 1.29 is 14.3 Å². The van der Waals surface area contributed by atoms with Gasteiger partial charge >= 0.3 is 0 Å². The molecule has 23 heavy (non-hydrogen) atoms. The van der Waals surface area contributed by atoms with E-state index in [1.54, 1.807) is 21.1 Å². The molecule has 2 amide bonds. The van der Waals surface area contributed by atoms with Crippen molar-refractivity contribution in [2.24, 2.45) is 12.8 Å². The number of hydrogen-bond donors (Lipinski definition) is 2. The summed E-state index contributed by atoms with van der Waals surface area (Å²) in [6.07, 6.45) is 1.41. The summed E-state index contributed by atoms with van der Waals surface area (Å²) >= 11 is 0. The molecule has 3 N–H and O–H groups in total. The molecule has 0 aliphatic heterocycles. The van der Waals surface area contributed by atoms with Crippen LogP contribution in [0.4, 0.5) is 5.69 Å². The zero-order valence-corrected chi connectivity index (χ0v) is 13.6. The minimum atomic E-state index is -0.645. The Hall–Kier alpha value is -2.83. The van der Waals surface area contributed by atoms with Crippen molar-refractivity contribution in [1.82, 2.24) is 9.78 Å². The van der Waals surface area contributed by atoms with Crippen molar-refractivity contribution in [3.63, 3.8) is 0 Å². The van der Waals surface area contributed by atoms with Gasteiger partial charge in [-0.1, -0.05) is 6.07 Å². The van der Waals surface area contributed by atoms with E-state index in [0.29, 0.717) is 5.69 Å². The number of nitrogens with two attached hydrogens (primary N) is 1. The van der Waals surface area contributed by atoms with Gasteiger partial charge in [-0.05, 0) is 37.1 Å². The molecule has 0 saturated carbocycles. The number of methoxy groups -OCH3 is 1. The second-order valence-corrected chi connectivity index (χ2v) is 5.33. The average molecular weight is 316 g/mol. The first-order valence-electron chi connectivity index (χ1n) is 7.12. The lowest BCUT2D eigenvalue weighted by Crippen LogP contribution is -2.23. The Kier molecular flexibility index (Phi) is 4.68. The molecule has 1 aromatic heterocycles. The molecular formula is C16H20N4O3. The Labute approximate surface area is 134 Å². The molecule has 1 atom stereocenters. The molecule has 0 spiro atoms. The zero-order chi connectivity index (χ0) is 17.1. The summed E-state index contributed by atoms with van der Waals surface area (Å²) in [5, 5.41) is 6.66. The quantitative estimate of drug-likeness (QED) is 0.874. The summed E-state index contributed by atoms with van der Waals surface area (Å²) in [6.45, 7) is 3.71. The number of primary amides is 1. The minimum absolute atomic E-state index is 0.164. The molecule has 0 bridgehead atoms. The summed E-state index contributed by atoms with van der Waals surface area (Å²) in [5.41, 5.74) is 7.62. The number of carbonyl (C=O) groups is 2. The third-order valence-corrected chi connectivity index (χ3v) is 3.77. The third-order valence-electron chi connectivity index (χ3n) is 3.77. The molecule has 122 valence electrons. The topological polar surface area (TPSA) is 99.2 Å². The van der Waals surface area contributed by atoms with Gasteiger partial charge in [-0.25, -0.2) is 0 Å². The number of nitrogens with one attached hydrogen (secondary N) is 1. The van der Waals surface area contributed by atoms with Crippen molar-refractivity contribution in [3.8, 4) is 5.75 Å². The van der Waals surface area contributed by atoms with E-state index in [-0.39, 0.29) is 11.6 Å². The molecule has 2 aromatic rings. The second kappa shape index (κ2) is 6.51. The van der Waals surface area contributed by atoms with Crippen LogP contribution in [-0.4, -0.2) is 28.7 Å². The second-order valence-electron chi connectivity index (χ2n) is 5.33. The number of hydrogen-bond acceptors (Lipinski definition) is 4. The van der Waals surface area contributed by atoms with Gasteiger partial charge in [0.05, 0.1) is 24.9 Å². The van der Waals surface area contributed by atoms with Gasteiger partial charge < -0.3 is 15.8 Å². The highest BCUT2D eigenvalue weighted by Crippen LogP contribution is 2.25. The molecule has 2 rings (SSSR count). The Morgan fingerprint density at radius 2 is 2.09 bits per heavy atom. The number of aryl methyl sites for hydroxylation is 2. The van der Waals surface area contributed by atoms with E-state index in [1.165, 1.54) is 10.9 Å². The van der Waals surface area contributed by atoms with Crippen LogP contribution in [0.15, 0.2) is 24.4 Å². The molecule has 1 aromatic carbocycles. The number of anilines is 1. The molecular weight excluding hydrogens is 296 g/mol. The van der Waals surface area contributed by atoms with E-state index >= 15 is 0 Å². The predicted molar refractivity (Wildman–Crippen MR) is 86.5 cm³/mol. The highest BCUT2D eigenvalue weighted by Gasteiger charge is 2.21. The Bertz CT molecular complexity index is 752. The first-order chi connectivity index (χ1) is 10.8. The monoisotopic (exact) mass is 316 g/mol. The van der Waals surface area contributed by atoms with Crippen LogP contribution in [-0.2, 0) is 11.8 Å². The van der Waals surface area contributed by atoms with Crippen molar-refractivity contribution >= 4 is 17.5 Å². The first kappa shape index (κ1) is 16.5. The van der Waals surface area contributed by atoms with Crippen LogP contribution in [0, 0.1) is 6.92 Å². The van der Waals surface area contributed by atoms with Gasteiger partial charge in [-0.15, -0.1) is 0 Å². The molecule has 0 fully saturated rings.